The van der Waals surface area contributed by atoms with Gasteiger partial charge in [0.15, 0.2) is 0 Å². The van der Waals surface area contributed by atoms with Crippen molar-refractivity contribution >= 4 is 5.97 Å². The topological polar surface area (TPSA) is 77.8 Å². The number of carbonyl (C=O) groups is 1. The highest BCUT2D eigenvalue weighted by Crippen LogP contribution is 2.15. The second kappa shape index (κ2) is 16.7. The van der Waals surface area contributed by atoms with Crippen molar-refractivity contribution in [1.82, 2.24) is 0 Å². The highest BCUT2D eigenvalue weighted by atomic mass is 16.4. The molecule has 0 spiro atoms. The Morgan fingerprint density at radius 2 is 0.917 bits per heavy atom. The first kappa shape index (κ1) is 22.8. The number of carboxylic acid groups (broad SMARTS) is 1. The molecule has 3 N–H and O–H groups in total. The molecule has 0 rings (SSSR count). The zero-order valence-electron chi connectivity index (χ0n) is 15.6. The Labute approximate surface area is 148 Å². The number of aliphatic carboxylic acids is 1. The normalized spacial score (nSPS) is 12.2. The fourth-order valence-corrected chi connectivity index (χ4v) is 2.91. The summed E-state index contributed by atoms with van der Waals surface area (Å²) in [7, 11) is 0. The van der Waals surface area contributed by atoms with Crippen molar-refractivity contribution in [3.05, 3.63) is 11.5 Å². The monoisotopic (exact) mass is 342 g/mol. The van der Waals surface area contributed by atoms with Gasteiger partial charge in [0.1, 0.15) is 5.76 Å². The molecule has 0 aromatic heterocycles. The number of hydrogen-bond donors (Lipinski definition) is 3. The summed E-state index contributed by atoms with van der Waals surface area (Å²) in [6.45, 7) is 2.26. The first-order valence-corrected chi connectivity index (χ1v) is 9.94. The van der Waals surface area contributed by atoms with Gasteiger partial charge in [-0.25, -0.2) is 4.79 Å². The summed E-state index contributed by atoms with van der Waals surface area (Å²) < 4.78 is 0. The molecule has 0 aliphatic heterocycles. The van der Waals surface area contributed by atoms with Crippen molar-refractivity contribution in [2.45, 2.75) is 110 Å². The Hall–Kier alpha value is -1.19. The van der Waals surface area contributed by atoms with Crippen LogP contribution in [0.25, 0.3) is 0 Å². The van der Waals surface area contributed by atoms with Gasteiger partial charge in [0.2, 0.25) is 5.76 Å². The van der Waals surface area contributed by atoms with E-state index < -0.39 is 17.5 Å². The lowest BCUT2D eigenvalue weighted by molar-refractivity contribution is -0.135. The fourth-order valence-electron chi connectivity index (χ4n) is 2.91. The average Bonchev–Trinajstić information content (AvgIpc) is 2.57. The molecule has 0 aliphatic carbocycles. The fraction of sp³-hybridized carbons (Fsp3) is 0.850. The minimum atomic E-state index is -1.46. The van der Waals surface area contributed by atoms with Gasteiger partial charge in [0.25, 0.3) is 0 Å². The van der Waals surface area contributed by atoms with Crippen molar-refractivity contribution in [3.8, 4) is 0 Å². The van der Waals surface area contributed by atoms with Crippen molar-refractivity contribution in [1.29, 1.82) is 0 Å². The Bertz CT molecular complexity index is 337. The van der Waals surface area contributed by atoms with Gasteiger partial charge in [-0.3, -0.25) is 0 Å². The minimum Gasteiger partial charge on any atom is -0.508 e. The quantitative estimate of drug-likeness (QED) is 0.157. The maximum absolute atomic E-state index is 10.4. The van der Waals surface area contributed by atoms with Gasteiger partial charge in [-0.1, -0.05) is 96.8 Å². The van der Waals surface area contributed by atoms with Gasteiger partial charge in [-0.2, -0.15) is 0 Å². The zero-order valence-corrected chi connectivity index (χ0v) is 15.6. The third-order valence-corrected chi connectivity index (χ3v) is 4.49. The number of unbranched alkanes of at least 4 members (excludes halogenated alkanes) is 14. The number of allylic oxidation sites excluding steroid dienone is 1. The first-order chi connectivity index (χ1) is 11.6. The molecular weight excluding hydrogens is 304 g/mol. The van der Waals surface area contributed by atoms with E-state index in [4.69, 9.17) is 10.2 Å². The first-order valence-electron chi connectivity index (χ1n) is 9.94. The van der Waals surface area contributed by atoms with Gasteiger partial charge in [0.05, 0.1) is 0 Å². The molecule has 142 valence electrons. The van der Waals surface area contributed by atoms with E-state index in [1.807, 2.05) is 0 Å². The van der Waals surface area contributed by atoms with E-state index in [1.54, 1.807) is 0 Å². The van der Waals surface area contributed by atoms with Crippen LogP contribution in [0.5, 0.6) is 0 Å². The molecule has 0 aromatic rings. The lowest BCUT2D eigenvalue weighted by Gasteiger charge is -2.04. The van der Waals surface area contributed by atoms with Crippen LogP contribution in [-0.4, -0.2) is 21.3 Å². The SMILES string of the molecule is CCCCCCCCCCCCCCCCC/C(O)=C(\O)C(=O)O. The smallest absolute Gasteiger partial charge is 0.374 e. The standard InChI is InChI=1S/C20H38O4/c1-2-3-4-5-6-7-8-9-10-11-12-13-14-15-16-17-18(21)19(22)20(23)24/h21-22H,2-17H2,1H3,(H,23,24)/b19-18+. The van der Waals surface area contributed by atoms with E-state index in [-0.39, 0.29) is 6.42 Å². The van der Waals surface area contributed by atoms with Crippen molar-refractivity contribution in [2.75, 3.05) is 0 Å². The highest BCUT2D eigenvalue weighted by Gasteiger charge is 2.10. The van der Waals surface area contributed by atoms with Gasteiger partial charge in [-0.15, -0.1) is 0 Å². The van der Waals surface area contributed by atoms with E-state index in [1.165, 1.54) is 77.0 Å². The minimum absolute atomic E-state index is 0.246. The number of hydrogen-bond acceptors (Lipinski definition) is 3. The summed E-state index contributed by atoms with van der Waals surface area (Å²) in [6.07, 6.45) is 19.2. The predicted octanol–water partition coefficient (Wildman–Crippen LogP) is 6.66. The molecular formula is C20H38O4. The van der Waals surface area contributed by atoms with Crippen LogP contribution in [0, 0.1) is 0 Å². The molecule has 0 aliphatic rings. The lowest BCUT2D eigenvalue weighted by atomic mass is 10.0. The molecule has 0 heterocycles. The van der Waals surface area contributed by atoms with E-state index >= 15 is 0 Å². The Morgan fingerprint density at radius 3 is 1.25 bits per heavy atom. The van der Waals surface area contributed by atoms with Crippen molar-refractivity contribution < 1.29 is 20.1 Å². The van der Waals surface area contributed by atoms with Crippen LogP contribution in [0.2, 0.25) is 0 Å². The van der Waals surface area contributed by atoms with E-state index in [9.17, 15) is 9.90 Å². The Balaban J connectivity index is 3.23. The molecule has 4 nitrogen and oxygen atoms in total. The summed E-state index contributed by atoms with van der Waals surface area (Å²) in [5.74, 6) is -2.79. The largest absolute Gasteiger partial charge is 0.508 e. The maximum Gasteiger partial charge on any atom is 0.374 e. The summed E-state index contributed by atoms with van der Waals surface area (Å²) in [6, 6.07) is 0. The van der Waals surface area contributed by atoms with Crippen LogP contribution < -0.4 is 0 Å². The van der Waals surface area contributed by atoms with Gasteiger partial charge in [-0.05, 0) is 6.42 Å². The number of rotatable bonds is 17. The number of aliphatic hydroxyl groups is 2. The molecule has 0 saturated carbocycles. The lowest BCUT2D eigenvalue weighted by Crippen LogP contribution is -2.03. The molecule has 0 saturated heterocycles. The molecule has 4 heteroatoms. The van der Waals surface area contributed by atoms with Crippen LogP contribution >= 0.6 is 0 Å². The third kappa shape index (κ3) is 14.4. The molecule has 0 unspecified atom stereocenters. The molecule has 0 aromatic carbocycles. The highest BCUT2D eigenvalue weighted by molar-refractivity contribution is 5.84. The van der Waals surface area contributed by atoms with Crippen LogP contribution in [-0.2, 0) is 4.79 Å². The van der Waals surface area contributed by atoms with Crippen LogP contribution in [0.1, 0.15) is 110 Å². The Morgan fingerprint density at radius 1 is 0.583 bits per heavy atom. The molecule has 24 heavy (non-hydrogen) atoms. The molecule has 0 fully saturated rings. The number of aliphatic hydroxyl groups excluding tert-OH is 2. The maximum atomic E-state index is 10.4. The van der Waals surface area contributed by atoms with Crippen LogP contribution in [0.15, 0.2) is 11.5 Å². The Kier molecular flexibility index (Phi) is 15.8. The van der Waals surface area contributed by atoms with Gasteiger partial charge >= 0.3 is 5.97 Å². The summed E-state index contributed by atoms with van der Waals surface area (Å²) in [4.78, 5) is 10.4. The number of carboxylic acids is 1. The molecule has 0 radical (unpaired) electrons. The summed E-state index contributed by atoms with van der Waals surface area (Å²) in [5, 5.41) is 26.9. The van der Waals surface area contributed by atoms with Crippen molar-refractivity contribution in [3.63, 3.8) is 0 Å². The molecule has 0 atom stereocenters. The zero-order chi connectivity index (χ0) is 18.0. The third-order valence-electron chi connectivity index (χ3n) is 4.49. The van der Waals surface area contributed by atoms with Crippen molar-refractivity contribution in [2.24, 2.45) is 0 Å². The average molecular weight is 343 g/mol. The van der Waals surface area contributed by atoms with E-state index in [2.05, 4.69) is 6.92 Å². The van der Waals surface area contributed by atoms with Crippen LogP contribution in [0.4, 0.5) is 0 Å². The van der Waals surface area contributed by atoms with E-state index in [0.717, 1.165) is 19.3 Å². The second-order valence-corrected chi connectivity index (χ2v) is 6.80. The van der Waals surface area contributed by atoms with Gasteiger partial charge in [0, 0.05) is 6.42 Å². The predicted molar refractivity (Wildman–Crippen MR) is 99.5 cm³/mol. The summed E-state index contributed by atoms with van der Waals surface area (Å²) >= 11 is 0. The summed E-state index contributed by atoms with van der Waals surface area (Å²) in [5.41, 5.74) is 0. The molecule has 0 amide bonds. The van der Waals surface area contributed by atoms with Gasteiger partial charge < -0.3 is 15.3 Å². The van der Waals surface area contributed by atoms with Crippen LogP contribution in [0.3, 0.4) is 0 Å². The second-order valence-electron chi connectivity index (χ2n) is 6.80. The molecule has 0 bridgehead atoms. The van der Waals surface area contributed by atoms with E-state index in [0.29, 0.717) is 0 Å².